The minimum atomic E-state index is -4.30. The molecule has 0 aliphatic rings. The van der Waals surface area contributed by atoms with E-state index in [2.05, 4.69) is 9.99 Å². The second kappa shape index (κ2) is 5.01. The van der Waals surface area contributed by atoms with Crippen molar-refractivity contribution in [1.29, 1.82) is 0 Å². The van der Waals surface area contributed by atoms with E-state index in [1.165, 1.54) is 19.2 Å². The smallest absolute Gasteiger partial charge is 0.399 e. The van der Waals surface area contributed by atoms with E-state index in [0.29, 0.717) is 17.7 Å². The SMILES string of the molecule is CC/C(=N/OC)c1ccc(C(F)(F)F)cc1. The summed E-state index contributed by atoms with van der Waals surface area (Å²) < 4.78 is 36.9. The van der Waals surface area contributed by atoms with E-state index in [-0.39, 0.29) is 0 Å². The highest BCUT2D eigenvalue weighted by Crippen LogP contribution is 2.29. The molecule has 0 fully saturated rings. The first-order valence-electron chi connectivity index (χ1n) is 4.76. The molecule has 0 heterocycles. The molecule has 88 valence electrons. The maximum absolute atomic E-state index is 12.3. The van der Waals surface area contributed by atoms with Gasteiger partial charge in [-0.05, 0) is 24.1 Å². The molecule has 2 nitrogen and oxygen atoms in total. The lowest BCUT2D eigenvalue weighted by atomic mass is 10.1. The van der Waals surface area contributed by atoms with E-state index in [9.17, 15) is 13.2 Å². The molecule has 0 bridgehead atoms. The molecule has 0 aliphatic carbocycles. The van der Waals surface area contributed by atoms with Gasteiger partial charge in [-0.2, -0.15) is 13.2 Å². The lowest BCUT2D eigenvalue weighted by molar-refractivity contribution is -0.137. The van der Waals surface area contributed by atoms with E-state index < -0.39 is 11.7 Å². The summed E-state index contributed by atoms with van der Waals surface area (Å²) in [6, 6.07) is 4.86. The van der Waals surface area contributed by atoms with Gasteiger partial charge in [0.2, 0.25) is 0 Å². The fourth-order valence-electron chi connectivity index (χ4n) is 1.28. The number of benzene rings is 1. The number of rotatable bonds is 3. The van der Waals surface area contributed by atoms with Gasteiger partial charge in [-0.3, -0.25) is 0 Å². The average Bonchev–Trinajstić information content (AvgIpc) is 2.25. The summed E-state index contributed by atoms with van der Waals surface area (Å²) in [5, 5.41) is 3.74. The molecule has 0 spiro atoms. The Morgan fingerprint density at radius 1 is 1.25 bits per heavy atom. The molecule has 1 aromatic rings. The van der Waals surface area contributed by atoms with Crippen molar-refractivity contribution in [2.45, 2.75) is 19.5 Å². The predicted molar refractivity (Wildman–Crippen MR) is 55.3 cm³/mol. The van der Waals surface area contributed by atoms with Crippen molar-refractivity contribution in [3.63, 3.8) is 0 Å². The third kappa shape index (κ3) is 2.98. The lowest BCUT2D eigenvalue weighted by Gasteiger charge is -2.08. The summed E-state index contributed by atoms with van der Waals surface area (Å²) >= 11 is 0. The Balaban J connectivity index is 2.99. The molecule has 1 rings (SSSR count). The van der Waals surface area contributed by atoms with Crippen LogP contribution in [0.5, 0.6) is 0 Å². The Labute approximate surface area is 91.7 Å². The van der Waals surface area contributed by atoms with E-state index in [0.717, 1.165) is 12.1 Å². The summed E-state index contributed by atoms with van der Waals surface area (Å²) in [5.41, 5.74) is 0.595. The van der Waals surface area contributed by atoms with Crippen LogP contribution >= 0.6 is 0 Å². The van der Waals surface area contributed by atoms with Gasteiger partial charge < -0.3 is 4.84 Å². The largest absolute Gasteiger partial charge is 0.416 e. The Morgan fingerprint density at radius 2 is 1.81 bits per heavy atom. The van der Waals surface area contributed by atoms with Crippen LogP contribution in [0.15, 0.2) is 29.4 Å². The Morgan fingerprint density at radius 3 is 2.19 bits per heavy atom. The molecule has 16 heavy (non-hydrogen) atoms. The first-order valence-corrected chi connectivity index (χ1v) is 4.76. The Bertz CT molecular complexity index is 368. The van der Waals surface area contributed by atoms with Crippen molar-refractivity contribution in [3.8, 4) is 0 Å². The summed E-state index contributed by atoms with van der Waals surface area (Å²) in [7, 11) is 1.40. The van der Waals surface area contributed by atoms with Crippen LogP contribution in [0.3, 0.4) is 0 Å². The van der Waals surface area contributed by atoms with Crippen molar-refractivity contribution >= 4 is 5.71 Å². The predicted octanol–water partition coefficient (Wildman–Crippen LogP) is 3.47. The maximum Gasteiger partial charge on any atom is 0.416 e. The normalized spacial score (nSPS) is 12.7. The lowest BCUT2D eigenvalue weighted by Crippen LogP contribution is -2.06. The fraction of sp³-hybridized carbons (Fsp3) is 0.364. The molecular weight excluding hydrogens is 219 g/mol. The highest BCUT2D eigenvalue weighted by molar-refractivity contribution is 6.00. The van der Waals surface area contributed by atoms with Crippen LogP contribution in [0.1, 0.15) is 24.5 Å². The summed E-state index contributed by atoms with van der Waals surface area (Å²) in [4.78, 5) is 4.61. The van der Waals surface area contributed by atoms with Crippen LogP contribution in [0.4, 0.5) is 13.2 Å². The quantitative estimate of drug-likeness (QED) is 0.576. The number of alkyl halides is 3. The van der Waals surface area contributed by atoms with Crippen molar-refractivity contribution in [2.75, 3.05) is 7.11 Å². The molecule has 0 aromatic heterocycles. The number of oxime groups is 1. The molecule has 0 N–H and O–H groups in total. The third-order valence-corrected chi connectivity index (χ3v) is 2.08. The first kappa shape index (κ1) is 12.5. The standard InChI is InChI=1S/C11H12F3NO/c1-3-10(15-16-2)8-4-6-9(7-5-8)11(12,13)14/h4-7H,3H2,1-2H3/b15-10-. The molecular formula is C11H12F3NO. The second-order valence-corrected chi connectivity index (χ2v) is 3.15. The first-order chi connectivity index (χ1) is 7.49. The van der Waals surface area contributed by atoms with Gasteiger partial charge >= 0.3 is 6.18 Å². The molecule has 5 heteroatoms. The molecule has 0 aliphatic heterocycles. The highest BCUT2D eigenvalue weighted by Gasteiger charge is 2.30. The third-order valence-electron chi connectivity index (χ3n) is 2.08. The zero-order valence-electron chi connectivity index (χ0n) is 9.01. The molecule has 0 unspecified atom stereocenters. The number of halogens is 3. The molecule has 1 aromatic carbocycles. The van der Waals surface area contributed by atoms with Crippen molar-refractivity contribution in [3.05, 3.63) is 35.4 Å². The van der Waals surface area contributed by atoms with Crippen molar-refractivity contribution in [2.24, 2.45) is 5.16 Å². The van der Waals surface area contributed by atoms with Gasteiger partial charge in [0, 0.05) is 0 Å². The summed E-state index contributed by atoms with van der Waals surface area (Å²) in [6.07, 6.45) is -3.71. The minimum Gasteiger partial charge on any atom is -0.399 e. The molecule has 0 atom stereocenters. The zero-order valence-corrected chi connectivity index (χ0v) is 9.01. The number of nitrogens with zero attached hydrogens (tertiary/aromatic N) is 1. The van der Waals surface area contributed by atoms with Crippen molar-refractivity contribution in [1.82, 2.24) is 0 Å². The topological polar surface area (TPSA) is 21.6 Å². The Hall–Kier alpha value is -1.52. The monoisotopic (exact) mass is 231 g/mol. The number of hydrogen-bond donors (Lipinski definition) is 0. The fourth-order valence-corrected chi connectivity index (χ4v) is 1.28. The average molecular weight is 231 g/mol. The van der Waals surface area contributed by atoms with Crippen LogP contribution in [0.25, 0.3) is 0 Å². The van der Waals surface area contributed by atoms with Gasteiger partial charge in [0.05, 0.1) is 11.3 Å². The maximum atomic E-state index is 12.3. The molecule has 0 saturated heterocycles. The zero-order chi connectivity index (χ0) is 12.2. The van der Waals surface area contributed by atoms with E-state index in [1.807, 2.05) is 6.92 Å². The van der Waals surface area contributed by atoms with Gasteiger partial charge in [-0.25, -0.2) is 0 Å². The van der Waals surface area contributed by atoms with Gasteiger partial charge in [-0.15, -0.1) is 0 Å². The molecule has 0 radical (unpaired) electrons. The van der Waals surface area contributed by atoms with E-state index in [1.54, 1.807) is 0 Å². The van der Waals surface area contributed by atoms with Gasteiger partial charge in [0.15, 0.2) is 0 Å². The highest BCUT2D eigenvalue weighted by atomic mass is 19.4. The van der Waals surface area contributed by atoms with Crippen LogP contribution in [-0.4, -0.2) is 12.8 Å². The van der Waals surface area contributed by atoms with Crippen LogP contribution < -0.4 is 0 Å². The van der Waals surface area contributed by atoms with Crippen molar-refractivity contribution < 1.29 is 18.0 Å². The second-order valence-electron chi connectivity index (χ2n) is 3.15. The van der Waals surface area contributed by atoms with E-state index >= 15 is 0 Å². The molecule has 0 amide bonds. The van der Waals surface area contributed by atoms with Crippen LogP contribution in [-0.2, 0) is 11.0 Å². The molecule has 0 saturated carbocycles. The van der Waals surface area contributed by atoms with Crippen LogP contribution in [0, 0.1) is 0 Å². The van der Waals surface area contributed by atoms with Gasteiger partial charge in [0.25, 0.3) is 0 Å². The minimum absolute atomic E-state index is 0.596. The number of hydrogen-bond acceptors (Lipinski definition) is 2. The van der Waals surface area contributed by atoms with E-state index in [4.69, 9.17) is 0 Å². The van der Waals surface area contributed by atoms with Gasteiger partial charge in [-0.1, -0.05) is 24.2 Å². The van der Waals surface area contributed by atoms with Gasteiger partial charge in [0.1, 0.15) is 7.11 Å². The summed E-state index contributed by atoms with van der Waals surface area (Å²) in [6.45, 7) is 1.86. The van der Waals surface area contributed by atoms with Crippen LogP contribution in [0.2, 0.25) is 0 Å². The summed E-state index contributed by atoms with van der Waals surface area (Å²) in [5.74, 6) is 0. The Kier molecular flexibility index (Phi) is 3.93.